The summed E-state index contributed by atoms with van der Waals surface area (Å²) in [5.74, 6) is 3.82. The van der Waals surface area contributed by atoms with Gasteiger partial charge >= 0.3 is 0 Å². The van der Waals surface area contributed by atoms with Crippen LogP contribution in [-0.2, 0) is 13.1 Å². The highest BCUT2D eigenvalue weighted by molar-refractivity contribution is 5.02. The van der Waals surface area contributed by atoms with E-state index in [1.165, 1.54) is 12.8 Å². The van der Waals surface area contributed by atoms with Crippen molar-refractivity contribution in [1.29, 1.82) is 0 Å². The molecule has 2 fully saturated rings. The molecule has 2 aliphatic rings. The Bertz CT molecular complexity index is 663. The van der Waals surface area contributed by atoms with Crippen molar-refractivity contribution in [3.63, 3.8) is 0 Å². The van der Waals surface area contributed by atoms with E-state index in [4.69, 9.17) is 8.94 Å². The van der Waals surface area contributed by atoms with Gasteiger partial charge in [-0.25, -0.2) is 4.98 Å². The van der Waals surface area contributed by atoms with E-state index in [1.54, 1.807) is 6.20 Å². The van der Waals surface area contributed by atoms with E-state index < -0.39 is 0 Å². The number of likely N-dealkylation sites (N-methyl/N-ethyl adjacent to an activating group) is 1. The second-order valence-electron chi connectivity index (χ2n) is 6.78. The van der Waals surface area contributed by atoms with Crippen LogP contribution in [0.2, 0.25) is 0 Å². The van der Waals surface area contributed by atoms with Crippen molar-refractivity contribution in [2.24, 2.45) is 0 Å². The monoisotopic (exact) mass is 317 g/mol. The van der Waals surface area contributed by atoms with Gasteiger partial charge in [-0.3, -0.25) is 9.80 Å². The zero-order valence-electron chi connectivity index (χ0n) is 13.7. The standard InChI is InChI=1S/C16H23N5O2/c1-11-7-17-15(22-11)10-21-6-5-13(8-21)20(2)9-14-18-16(23-19-14)12-3-4-12/h7,12-13H,3-6,8-10H2,1-2H3. The number of oxazole rings is 1. The van der Waals surface area contributed by atoms with E-state index in [1.807, 2.05) is 6.92 Å². The van der Waals surface area contributed by atoms with Crippen LogP contribution in [0, 0.1) is 6.92 Å². The van der Waals surface area contributed by atoms with Crippen LogP contribution in [0.15, 0.2) is 15.1 Å². The van der Waals surface area contributed by atoms with Crippen LogP contribution >= 0.6 is 0 Å². The highest BCUT2D eigenvalue weighted by Gasteiger charge is 2.31. The van der Waals surface area contributed by atoms with Crippen LogP contribution in [0.4, 0.5) is 0 Å². The maximum atomic E-state index is 5.57. The summed E-state index contributed by atoms with van der Waals surface area (Å²) in [6.45, 7) is 5.54. The van der Waals surface area contributed by atoms with E-state index in [0.29, 0.717) is 12.0 Å². The first-order valence-corrected chi connectivity index (χ1v) is 8.34. The third kappa shape index (κ3) is 3.45. The van der Waals surface area contributed by atoms with Gasteiger partial charge in [0.25, 0.3) is 0 Å². The van der Waals surface area contributed by atoms with Crippen molar-refractivity contribution in [3.05, 3.63) is 29.6 Å². The summed E-state index contributed by atoms with van der Waals surface area (Å²) in [5, 5.41) is 4.11. The van der Waals surface area contributed by atoms with Crippen molar-refractivity contribution in [2.45, 2.75) is 51.2 Å². The molecule has 3 heterocycles. The molecule has 7 heteroatoms. The number of aryl methyl sites for hydroxylation is 1. The maximum Gasteiger partial charge on any atom is 0.229 e. The van der Waals surface area contributed by atoms with Crippen molar-refractivity contribution in [1.82, 2.24) is 24.9 Å². The van der Waals surface area contributed by atoms with Crippen molar-refractivity contribution in [3.8, 4) is 0 Å². The Morgan fingerprint density at radius 3 is 2.96 bits per heavy atom. The van der Waals surface area contributed by atoms with Crippen molar-refractivity contribution in [2.75, 3.05) is 20.1 Å². The molecule has 23 heavy (non-hydrogen) atoms. The third-order valence-electron chi connectivity index (χ3n) is 4.70. The Balaban J connectivity index is 1.29. The molecule has 1 unspecified atom stereocenters. The molecule has 1 aliphatic heterocycles. The van der Waals surface area contributed by atoms with Gasteiger partial charge in [0, 0.05) is 25.0 Å². The first kappa shape index (κ1) is 14.8. The van der Waals surface area contributed by atoms with Gasteiger partial charge in [-0.15, -0.1) is 0 Å². The van der Waals surface area contributed by atoms with E-state index in [-0.39, 0.29) is 0 Å². The molecular weight excluding hydrogens is 294 g/mol. The molecule has 0 aromatic carbocycles. The van der Waals surface area contributed by atoms with Gasteiger partial charge in [-0.05, 0) is 33.2 Å². The summed E-state index contributed by atoms with van der Waals surface area (Å²) in [7, 11) is 2.14. The summed E-state index contributed by atoms with van der Waals surface area (Å²) < 4.78 is 10.9. The lowest BCUT2D eigenvalue weighted by atomic mass is 10.2. The first-order valence-electron chi connectivity index (χ1n) is 8.34. The molecule has 1 saturated carbocycles. The quantitative estimate of drug-likeness (QED) is 0.806. The number of rotatable bonds is 6. The van der Waals surface area contributed by atoms with Gasteiger partial charge in [0.1, 0.15) is 5.76 Å². The normalized spacial score (nSPS) is 22.3. The Morgan fingerprint density at radius 1 is 1.35 bits per heavy atom. The third-order valence-corrected chi connectivity index (χ3v) is 4.70. The average Bonchev–Trinajstić information content (AvgIpc) is 2.93. The van der Waals surface area contributed by atoms with Gasteiger partial charge in [0.15, 0.2) is 5.82 Å². The minimum absolute atomic E-state index is 0.508. The van der Waals surface area contributed by atoms with Crippen LogP contribution in [-0.4, -0.2) is 51.1 Å². The molecule has 0 spiro atoms. The van der Waals surface area contributed by atoms with Crippen molar-refractivity contribution >= 4 is 0 Å². The molecule has 1 atom stereocenters. The predicted octanol–water partition coefficient (Wildman–Crippen LogP) is 1.95. The summed E-state index contributed by atoms with van der Waals surface area (Å²) in [4.78, 5) is 13.5. The molecular formula is C16H23N5O2. The highest BCUT2D eigenvalue weighted by atomic mass is 16.5. The topological polar surface area (TPSA) is 71.4 Å². The Hall–Kier alpha value is -1.73. The Morgan fingerprint density at radius 2 is 2.22 bits per heavy atom. The van der Waals surface area contributed by atoms with E-state index >= 15 is 0 Å². The molecule has 7 nitrogen and oxygen atoms in total. The number of hydrogen-bond acceptors (Lipinski definition) is 7. The second kappa shape index (κ2) is 6.05. The first-order chi connectivity index (χ1) is 11.2. The van der Waals surface area contributed by atoms with Gasteiger partial charge in [0.2, 0.25) is 11.8 Å². The minimum atomic E-state index is 0.508. The minimum Gasteiger partial charge on any atom is -0.445 e. The van der Waals surface area contributed by atoms with E-state index in [2.05, 4.69) is 32.0 Å². The van der Waals surface area contributed by atoms with Gasteiger partial charge in [-0.2, -0.15) is 4.98 Å². The summed E-state index contributed by atoms with van der Waals surface area (Å²) in [6, 6.07) is 0.508. The van der Waals surface area contributed by atoms with Crippen molar-refractivity contribution < 1.29 is 8.94 Å². The van der Waals surface area contributed by atoms with Gasteiger partial charge < -0.3 is 8.94 Å². The molecule has 0 N–H and O–H groups in total. The smallest absolute Gasteiger partial charge is 0.229 e. The lowest BCUT2D eigenvalue weighted by Gasteiger charge is -2.22. The highest BCUT2D eigenvalue weighted by Crippen LogP contribution is 2.38. The Labute approximate surface area is 135 Å². The molecule has 2 aromatic heterocycles. The zero-order valence-corrected chi connectivity index (χ0v) is 13.7. The molecule has 1 aliphatic carbocycles. The fourth-order valence-electron chi connectivity index (χ4n) is 3.16. The van der Waals surface area contributed by atoms with Crippen LogP contribution in [0.25, 0.3) is 0 Å². The maximum absolute atomic E-state index is 5.57. The van der Waals surface area contributed by atoms with Crippen LogP contribution in [0.5, 0.6) is 0 Å². The van der Waals surface area contributed by atoms with Gasteiger partial charge in [0.05, 0.1) is 19.3 Å². The molecule has 0 amide bonds. The second-order valence-corrected chi connectivity index (χ2v) is 6.78. The van der Waals surface area contributed by atoms with E-state index in [9.17, 15) is 0 Å². The van der Waals surface area contributed by atoms with E-state index in [0.717, 1.165) is 56.0 Å². The largest absolute Gasteiger partial charge is 0.445 e. The fraction of sp³-hybridized carbons (Fsp3) is 0.688. The molecule has 2 aromatic rings. The lowest BCUT2D eigenvalue weighted by molar-refractivity contribution is 0.209. The van der Waals surface area contributed by atoms with Crippen LogP contribution in [0.1, 0.15) is 48.5 Å². The molecule has 124 valence electrons. The average molecular weight is 317 g/mol. The molecule has 0 radical (unpaired) electrons. The molecule has 0 bridgehead atoms. The summed E-state index contributed by atoms with van der Waals surface area (Å²) >= 11 is 0. The van der Waals surface area contributed by atoms with Crippen LogP contribution < -0.4 is 0 Å². The number of likely N-dealkylation sites (tertiary alicyclic amines) is 1. The lowest BCUT2D eigenvalue weighted by Crippen LogP contribution is -2.34. The summed E-state index contributed by atoms with van der Waals surface area (Å²) in [5.41, 5.74) is 0. The fourth-order valence-corrected chi connectivity index (χ4v) is 3.16. The zero-order chi connectivity index (χ0) is 15.8. The number of hydrogen-bond donors (Lipinski definition) is 0. The number of aromatic nitrogens is 3. The SMILES string of the molecule is Cc1cnc(CN2CCC(N(C)Cc3noc(C4CC4)n3)C2)o1. The summed E-state index contributed by atoms with van der Waals surface area (Å²) in [6.07, 6.45) is 5.30. The predicted molar refractivity (Wildman–Crippen MR) is 82.7 cm³/mol. The number of nitrogens with zero attached hydrogens (tertiary/aromatic N) is 5. The van der Waals surface area contributed by atoms with Gasteiger partial charge in [-0.1, -0.05) is 5.16 Å². The molecule has 1 saturated heterocycles. The molecule has 4 rings (SSSR count). The van der Waals surface area contributed by atoms with Crippen LogP contribution in [0.3, 0.4) is 0 Å². The Kier molecular flexibility index (Phi) is 3.90.